The molecular weight excluding hydrogens is 464 g/mol. The van der Waals surface area contributed by atoms with Gasteiger partial charge in [-0.25, -0.2) is 4.79 Å². The zero-order valence-corrected chi connectivity index (χ0v) is 19.2. The van der Waals surface area contributed by atoms with Crippen molar-refractivity contribution in [3.63, 3.8) is 0 Å². The SMILES string of the molecule is CSCCC(NC(=O)C(N)CC(N)=O)C(=O)NC(CCC(N)=O)C(=O)NC(CS)C(=O)O. The quantitative estimate of drug-likeness (QED) is 0.1000. The molecule has 0 saturated carbocycles. The summed E-state index contributed by atoms with van der Waals surface area (Å²) in [6.45, 7) is 0. The molecule has 32 heavy (non-hydrogen) atoms. The summed E-state index contributed by atoms with van der Waals surface area (Å²) < 4.78 is 0. The lowest BCUT2D eigenvalue weighted by Gasteiger charge is -2.24. The Morgan fingerprint density at radius 2 is 1.38 bits per heavy atom. The number of aliphatic carboxylic acids is 1. The molecule has 0 heterocycles. The Morgan fingerprint density at radius 3 is 1.81 bits per heavy atom. The van der Waals surface area contributed by atoms with Crippen molar-refractivity contribution in [3.05, 3.63) is 0 Å². The third kappa shape index (κ3) is 11.8. The van der Waals surface area contributed by atoms with Crippen LogP contribution in [0, 0.1) is 0 Å². The van der Waals surface area contributed by atoms with Crippen LogP contribution in [0.4, 0.5) is 0 Å². The number of amides is 5. The Labute approximate surface area is 194 Å². The van der Waals surface area contributed by atoms with Crippen molar-refractivity contribution in [1.82, 2.24) is 16.0 Å². The lowest BCUT2D eigenvalue weighted by Crippen LogP contribution is -2.57. The Bertz CT molecular complexity index is 709. The van der Waals surface area contributed by atoms with Gasteiger partial charge in [-0.1, -0.05) is 0 Å². The van der Waals surface area contributed by atoms with Crippen molar-refractivity contribution in [3.8, 4) is 0 Å². The van der Waals surface area contributed by atoms with E-state index in [0.29, 0.717) is 5.75 Å². The predicted octanol–water partition coefficient (Wildman–Crippen LogP) is -3.32. The van der Waals surface area contributed by atoms with E-state index >= 15 is 0 Å². The molecule has 0 spiro atoms. The highest BCUT2D eigenvalue weighted by Gasteiger charge is 2.30. The Balaban J connectivity index is 5.44. The molecule has 0 aromatic heterocycles. The van der Waals surface area contributed by atoms with Crippen LogP contribution in [0.3, 0.4) is 0 Å². The first-order valence-electron chi connectivity index (χ1n) is 9.48. The van der Waals surface area contributed by atoms with E-state index in [2.05, 4.69) is 28.6 Å². The van der Waals surface area contributed by atoms with E-state index in [1.807, 2.05) is 0 Å². The minimum Gasteiger partial charge on any atom is -0.480 e. The number of carboxylic acid groups (broad SMARTS) is 1. The Kier molecular flexibility index (Phi) is 14.1. The zero-order valence-electron chi connectivity index (χ0n) is 17.5. The molecule has 0 aromatic rings. The molecule has 0 radical (unpaired) electrons. The second kappa shape index (κ2) is 15.3. The van der Waals surface area contributed by atoms with Crippen LogP contribution in [0.25, 0.3) is 0 Å². The molecule has 0 aliphatic carbocycles. The zero-order chi connectivity index (χ0) is 24.8. The molecule has 4 atom stereocenters. The van der Waals surface area contributed by atoms with E-state index in [0.717, 1.165) is 0 Å². The topological polar surface area (TPSA) is 237 Å². The molecule has 0 bridgehead atoms. The molecule has 15 heteroatoms. The first kappa shape index (κ1) is 29.5. The van der Waals surface area contributed by atoms with Gasteiger partial charge in [0.05, 0.1) is 12.5 Å². The number of hydrogen-bond acceptors (Lipinski definition) is 9. The highest BCUT2D eigenvalue weighted by Crippen LogP contribution is 2.05. The maximum atomic E-state index is 12.8. The fraction of sp³-hybridized carbons (Fsp3) is 0.647. The molecular formula is C17H30N6O7S2. The van der Waals surface area contributed by atoms with Gasteiger partial charge >= 0.3 is 5.97 Å². The van der Waals surface area contributed by atoms with Gasteiger partial charge in [-0.15, -0.1) is 0 Å². The van der Waals surface area contributed by atoms with Crippen molar-refractivity contribution in [2.45, 2.75) is 49.9 Å². The van der Waals surface area contributed by atoms with Crippen molar-refractivity contribution in [2.75, 3.05) is 17.8 Å². The van der Waals surface area contributed by atoms with Gasteiger partial charge in [-0.05, 0) is 24.9 Å². The van der Waals surface area contributed by atoms with Crippen LogP contribution in [-0.2, 0) is 28.8 Å². The largest absolute Gasteiger partial charge is 0.480 e. The first-order chi connectivity index (χ1) is 14.9. The monoisotopic (exact) mass is 494 g/mol. The number of nitrogens with one attached hydrogen (secondary N) is 3. The maximum Gasteiger partial charge on any atom is 0.327 e. The van der Waals surface area contributed by atoms with Crippen LogP contribution in [-0.4, -0.2) is 82.5 Å². The summed E-state index contributed by atoms with van der Waals surface area (Å²) in [4.78, 5) is 70.8. The minimum absolute atomic E-state index is 0.167. The predicted molar refractivity (Wildman–Crippen MR) is 120 cm³/mol. The molecule has 182 valence electrons. The Hall–Kier alpha value is -2.52. The number of carboxylic acids is 1. The van der Waals surface area contributed by atoms with Gasteiger partial charge in [0.1, 0.15) is 18.1 Å². The molecule has 0 rings (SSSR count). The summed E-state index contributed by atoms with van der Waals surface area (Å²) in [5.74, 6) is -5.01. The van der Waals surface area contributed by atoms with Crippen molar-refractivity contribution < 1.29 is 33.9 Å². The average Bonchev–Trinajstić information content (AvgIpc) is 2.70. The smallest absolute Gasteiger partial charge is 0.327 e. The van der Waals surface area contributed by atoms with Crippen molar-refractivity contribution in [2.24, 2.45) is 17.2 Å². The highest BCUT2D eigenvalue weighted by atomic mass is 32.2. The molecule has 10 N–H and O–H groups in total. The third-order valence-corrected chi connectivity index (χ3v) is 5.12. The summed E-state index contributed by atoms with van der Waals surface area (Å²) in [5, 5.41) is 16.1. The van der Waals surface area contributed by atoms with Gasteiger partial charge in [0.15, 0.2) is 0 Å². The number of carbonyl (C=O) groups is 6. The van der Waals surface area contributed by atoms with Gasteiger partial charge < -0.3 is 38.3 Å². The highest BCUT2D eigenvalue weighted by molar-refractivity contribution is 7.98. The van der Waals surface area contributed by atoms with Gasteiger partial charge in [0.2, 0.25) is 29.5 Å². The van der Waals surface area contributed by atoms with Gasteiger partial charge in [-0.3, -0.25) is 24.0 Å². The molecule has 5 amide bonds. The molecule has 0 fully saturated rings. The number of nitrogens with two attached hydrogens (primary N) is 3. The first-order valence-corrected chi connectivity index (χ1v) is 11.5. The molecule has 0 saturated heterocycles. The minimum atomic E-state index is -1.33. The van der Waals surface area contributed by atoms with E-state index in [4.69, 9.17) is 22.3 Å². The lowest BCUT2D eigenvalue weighted by atomic mass is 10.1. The van der Waals surface area contributed by atoms with E-state index in [9.17, 15) is 28.8 Å². The maximum absolute atomic E-state index is 12.8. The second-order valence-electron chi connectivity index (χ2n) is 6.77. The summed E-state index contributed by atoms with van der Waals surface area (Å²) >= 11 is 5.25. The van der Waals surface area contributed by atoms with Crippen molar-refractivity contribution in [1.29, 1.82) is 0 Å². The molecule has 0 aliphatic rings. The van der Waals surface area contributed by atoms with E-state index in [-0.39, 0.29) is 25.0 Å². The van der Waals surface area contributed by atoms with E-state index in [1.54, 1.807) is 6.26 Å². The molecule has 13 nitrogen and oxygen atoms in total. The lowest BCUT2D eigenvalue weighted by molar-refractivity contribution is -0.141. The second-order valence-corrected chi connectivity index (χ2v) is 8.12. The molecule has 4 unspecified atom stereocenters. The van der Waals surface area contributed by atoms with Gasteiger partial charge in [-0.2, -0.15) is 24.4 Å². The van der Waals surface area contributed by atoms with Gasteiger partial charge in [0.25, 0.3) is 0 Å². The molecule has 0 aliphatic heterocycles. The summed E-state index contributed by atoms with van der Waals surface area (Å²) in [6.07, 6.45) is 1.06. The summed E-state index contributed by atoms with van der Waals surface area (Å²) in [5.41, 5.74) is 15.7. The van der Waals surface area contributed by atoms with Crippen molar-refractivity contribution >= 4 is 59.9 Å². The average molecular weight is 495 g/mol. The number of thioether (sulfide) groups is 1. The Morgan fingerprint density at radius 1 is 0.875 bits per heavy atom. The normalized spacial score (nSPS) is 14.3. The fourth-order valence-electron chi connectivity index (χ4n) is 2.38. The summed E-state index contributed by atoms with van der Waals surface area (Å²) in [6, 6.07) is -5.00. The fourth-order valence-corrected chi connectivity index (χ4v) is 3.10. The standard InChI is InChI=1S/C17H30N6O7S2/c1-32-5-4-10(21-14(26)8(18)6-13(20)25)16(28)22-9(2-3-12(19)24)15(27)23-11(7-31)17(29)30/h8-11,31H,2-7,18H2,1H3,(H2,19,24)(H2,20,25)(H,21,26)(H,22,28)(H,23,27)(H,29,30). The third-order valence-electron chi connectivity index (χ3n) is 4.11. The molecule has 0 aromatic carbocycles. The van der Waals surface area contributed by atoms with Crippen LogP contribution < -0.4 is 33.2 Å². The van der Waals surface area contributed by atoms with Crippen LogP contribution in [0.15, 0.2) is 0 Å². The van der Waals surface area contributed by atoms with E-state index in [1.165, 1.54) is 11.8 Å². The number of thiol groups is 1. The van der Waals surface area contributed by atoms with Crippen LogP contribution >= 0.6 is 24.4 Å². The van der Waals surface area contributed by atoms with Crippen LogP contribution in [0.1, 0.15) is 25.7 Å². The summed E-state index contributed by atoms with van der Waals surface area (Å²) in [7, 11) is 0. The van der Waals surface area contributed by atoms with Gasteiger partial charge in [0, 0.05) is 12.2 Å². The number of hydrogen-bond donors (Lipinski definition) is 8. The number of rotatable bonds is 16. The van der Waals surface area contributed by atoms with Crippen LogP contribution in [0.5, 0.6) is 0 Å². The van der Waals surface area contributed by atoms with E-state index < -0.39 is 66.1 Å². The number of carbonyl (C=O) groups excluding carboxylic acids is 5. The number of primary amides is 2. The van der Waals surface area contributed by atoms with Crippen LogP contribution in [0.2, 0.25) is 0 Å².